The Morgan fingerprint density at radius 1 is 0.303 bits per heavy atom. The Balaban J connectivity index is 0.986. The van der Waals surface area contributed by atoms with Gasteiger partial charge in [-0.2, -0.15) is 0 Å². The Bertz CT molecular complexity index is 3600. The van der Waals surface area contributed by atoms with E-state index < -0.39 is 0 Å². The maximum atomic E-state index is 6.55. The Kier molecular flexibility index (Phi) is 8.43. The molecule has 2 aliphatic carbocycles. The van der Waals surface area contributed by atoms with Crippen molar-refractivity contribution in [2.75, 3.05) is 0 Å². The molecule has 0 radical (unpaired) electrons. The van der Waals surface area contributed by atoms with Crippen molar-refractivity contribution in [3.63, 3.8) is 0 Å². The van der Waals surface area contributed by atoms with E-state index in [1.54, 1.807) is 0 Å². The highest BCUT2D eigenvalue weighted by molar-refractivity contribution is 6.19. The third kappa shape index (κ3) is 5.79. The van der Waals surface area contributed by atoms with Crippen LogP contribution in [0.3, 0.4) is 0 Å². The number of rotatable bonds is 6. The molecule has 0 bridgehead atoms. The van der Waals surface area contributed by atoms with Gasteiger partial charge in [-0.05, 0) is 124 Å². The molecule has 1 aromatic heterocycles. The van der Waals surface area contributed by atoms with Crippen LogP contribution >= 0.6 is 0 Å². The monoisotopic (exact) mass is 844 g/mol. The van der Waals surface area contributed by atoms with E-state index >= 15 is 0 Å². The van der Waals surface area contributed by atoms with Gasteiger partial charge < -0.3 is 4.42 Å². The van der Waals surface area contributed by atoms with Crippen molar-refractivity contribution in [3.05, 3.63) is 251 Å². The fraction of sp³-hybridized carbons (Fsp3) is 0.108. The van der Waals surface area contributed by atoms with Crippen molar-refractivity contribution >= 4 is 32.7 Å². The predicted octanol–water partition coefficient (Wildman–Crippen LogP) is 17.5. The predicted molar refractivity (Wildman–Crippen MR) is 276 cm³/mol. The smallest absolute Gasteiger partial charge is 0.143 e. The molecule has 0 saturated heterocycles. The summed E-state index contributed by atoms with van der Waals surface area (Å²) in [5, 5.41) is 4.61. The standard InChI is InChI=1S/C65H48O/c1-64(2)57-35-42(40-16-7-5-8-17-40)26-30-49(57)51-32-28-46(37-59(51)64)62(47-29-33-52-50-31-27-43(41-18-9-6-10-19-41)36-58(50)65(3,4)60(52)38-47)45-21-15-20-44(34-45)55-39-56-53-23-13-14-25-61(53)66-63(56)54-24-12-11-22-48(54)55/h5-39,62H,1-4H3. The highest BCUT2D eigenvalue weighted by Gasteiger charge is 2.39. The lowest BCUT2D eigenvalue weighted by molar-refractivity contribution is 0.657. The van der Waals surface area contributed by atoms with Crippen LogP contribution in [0.1, 0.15) is 72.6 Å². The zero-order valence-electron chi connectivity index (χ0n) is 37.7. The first-order chi connectivity index (χ1) is 32.2. The Hall–Kier alpha value is -7.74. The van der Waals surface area contributed by atoms with Gasteiger partial charge in [0.15, 0.2) is 0 Å². The molecule has 0 spiro atoms. The first-order valence-electron chi connectivity index (χ1n) is 23.4. The molecule has 2 aliphatic rings. The molecule has 0 fully saturated rings. The maximum absolute atomic E-state index is 6.55. The van der Waals surface area contributed by atoms with Gasteiger partial charge in [0.25, 0.3) is 0 Å². The summed E-state index contributed by atoms with van der Waals surface area (Å²) >= 11 is 0. The molecule has 0 atom stereocenters. The molecular formula is C65H48O. The van der Waals surface area contributed by atoms with Crippen LogP contribution in [0.25, 0.3) is 88.3 Å². The van der Waals surface area contributed by atoms with Gasteiger partial charge in [0.2, 0.25) is 0 Å². The van der Waals surface area contributed by atoms with E-state index in [0.29, 0.717) is 0 Å². The minimum absolute atomic E-state index is 0.0240. The lowest BCUT2D eigenvalue weighted by Gasteiger charge is -2.27. The molecule has 1 nitrogen and oxygen atoms in total. The third-order valence-electron chi connectivity index (χ3n) is 15.2. The Labute approximate surface area is 386 Å². The summed E-state index contributed by atoms with van der Waals surface area (Å²) in [6, 6.07) is 79.2. The SMILES string of the molecule is CC1(C)c2cc(-c3ccccc3)ccc2-c2ccc(C(c3cccc(-c4cc5c6ccccc6oc5c5ccccc45)c3)c3ccc4c(c3)C(C)(C)c3cc(-c5ccccc5)ccc3-4)cc21. The molecule has 314 valence electrons. The summed E-state index contributed by atoms with van der Waals surface area (Å²) in [5.74, 6) is -0.0240. The molecule has 13 rings (SSSR count). The van der Waals surface area contributed by atoms with E-state index in [1.807, 2.05) is 0 Å². The first kappa shape index (κ1) is 38.7. The van der Waals surface area contributed by atoms with E-state index in [9.17, 15) is 0 Å². The summed E-state index contributed by atoms with van der Waals surface area (Å²) < 4.78 is 6.55. The summed E-state index contributed by atoms with van der Waals surface area (Å²) in [4.78, 5) is 0. The van der Waals surface area contributed by atoms with Gasteiger partial charge in [-0.15, -0.1) is 0 Å². The second-order valence-electron chi connectivity index (χ2n) is 19.6. The average molecular weight is 845 g/mol. The zero-order valence-corrected chi connectivity index (χ0v) is 37.7. The minimum Gasteiger partial charge on any atom is -0.455 e. The molecule has 0 aliphatic heterocycles. The van der Waals surface area contributed by atoms with Crippen LogP contribution in [-0.4, -0.2) is 0 Å². The van der Waals surface area contributed by atoms with Crippen molar-refractivity contribution in [2.45, 2.75) is 44.4 Å². The van der Waals surface area contributed by atoms with Crippen molar-refractivity contribution in [1.29, 1.82) is 0 Å². The molecule has 1 heteroatoms. The first-order valence-corrected chi connectivity index (χ1v) is 23.4. The third-order valence-corrected chi connectivity index (χ3v) is 15.2. The van der Waals surface area contributed by atoms with Gasteiger partial charge in [-0.1, -0.05) is 216 Å². The number of furan rings is 1. The van der Waals surface area contributed by atoms with Crippen LogP contribution in [0.4, 0.5) is 0 Å². The van der Waals surface area contributed by atoms with Crippen molar-refractivity contribution in [2.24, 2.45) is 0 Å². The largest absolute Gasteiger partial charge is 0.455 e. The van der Waals surface area contributed by atoms with E-state index in [4.69, 9.17) is 4.42 Å². The van der Waals surface area contributed by atoms with E-state index in [0.717, 1.165) is 27.3 Å². The van der Waals surface area contributed by atoms with Gasteiger partial charge in [0.05, 0.1) is 0 Å². The summed E-state index contributed by atoms with van der Waals surface area (Å²) in [6.07, 6.45) is 0. The van der Waals surface area contributed by atoms with Gasteiger partial charge in [-0.25, -0.2) is 0 Å². The van der Waals surface area contributed by atoms with Crippen LogP contribution in [0.5, 0.6) is 0 Å². The lowest BCUT2D eigenvalue weighted by atomic mass is 9.76. The lowest BCUT2D eigenvalue weighted by Crippen LogP contribution is -2.17. The quantitative estimate of drug-likeness (QED) is 0.152. The van der Waals surface area contributed by atoms with Crippen LogP contribution < -0.4 is 0 Å². The zero-order chi connectivity index (χ0) is 44.3. The minimum atomic E-state index is -0.183. The Morgan fingerprint density at radius 3 is 1.33 bits per heavy atom. The fourth-order valence-corrected chi connectivity index (χ4v) is 11.7. The maximum Gasteiger partial charge on any atom is 0.143 e. The summed E-state index contributed by atoms with van der Waals surface area (Å²) in [5.41, 5.74) is 23.7. The molecule has 1 heterocycles. The molecule has 0 saturated carbocycles. The summed E-state index contributed by atoms with van der Waals surface area (Å²) in [7, 11) is 0. The molecule has 0 amide bonds. The number of para-hydroxylation sites is 1. The van der Waals surface area contributed by atoms with Crippen LogP contribution in [-0.2, 0) is 10.8 Å². The van der Waals surface area contributed by atoms with Gasteiger partial charge in [-0.3, -0.25) is 0 Å². The highest BCUT2D eigenvalue weighted by atomic mass is 16.3. The number of hydrogen-bond acceptors (Lipinski definition) is 1. The van der Waals surface area contributed by atoms with Gasteiger partial charge in [0.1, 0.15) is 11.2 Å². The second-order valence-corrected chi connectivity index (χ2v) is 19.6. The molecule has 0 unspecified atom stereocenters. The van der Waals surface area contributed by atoms with Crippen LogP contribution in [0, 0.1) is 0 Å². The van der Waals surface area contributed by atoms with Crippen molar-refractivity contribution in [3.8, 4) is 55.6 Å². The average Bonchev–Trinajstić information content (AvgIpc) is 3.93. The van der Waals surface area contributed by atoms with Crippen molar-refractivity contribution in [1.82, 2.24) is 0 Å². The molecular weight excluding hydrogens is 797 g/mol. The normalized spacial score (nSPS) is 14.1. The van der Waals surface area contributed by atoms with Crippen LogP contribution in [0.15, 0.2) is 217 Å². The van der Waals surface area contributed by atoms with Crippen molar-refractivity contribution < 1.29 is 4.42 Å². The molecule has 10 aromatic carbocycles. The fourth-order valence-electron chi connectivity index (χ4n) is 11.7. The molecule has 11 aromatic rings. The number of hydrogen-bond donors (Lipinski definition) is 0. The number of benzene rings is 10. The van der Waals surface area contributed by atoms with Gasteiger partial charge in [0, 0.05) is 32.9 Å². The number of fused-ring (bicyclic) bond motifs is 11. The van der Waals surface area contributed by atoms with E-state index in [-0.39, 0.29) is 16.7 Å². The van der Waals surface area contributed by atoms with Crippen LogP contribution in [0.2, 0.25) is 0 Å². The highest BCUT2D eigenvalue weighted by Crippen LogP contribution is 2.54. The van der Waals surface area contributed by atoms with E-state index in [1.165, 1.54) is 100.0 Å². The Morgan fingerprint density at radius 2 is 0.758 bits per heavy atom. The molecule has 66 heavy (non-hydrogen) atoms. The summed E-state index contributed by atoms with van der Waals surface area (Å²) in [6.45, 7) is 9.63. The van der Waals surface area contributed by atoms with E-state index in [2.05, 4.69) is 240 Å². The second kappa shape index (κ2) is 14.4. The van der Waals surface area contributed by atoms with Gasteiger partial charge >= 0.3 is 0 Å². The molecule has 0 N–H and O–H groups in total. The topological polar surface area (TPSA) is 13.1 Å².